The number of aryl methyl sites for hydroxylation is 1. The van der Waals surface area contributed by atoms with Crippen LogP contribution in [0.15, 0.2) is 24.3 Å². The molecule has 3 heteroatoms. The lowest BCUT2D eigenvalue weighted by molar-refractivity contribution is -0.123. The van der Waals surface area contributed by atoms with Crippen LogP contribution in [0.25, 0.3) is 0 Å². The van der Waals surface area contributed by atoms with Crippen molar-refractivity contribution in [2.24, 2.45) is 11.7 Å². The number of nitrogens with zero attached hydrogens (tertiary/aromatic N) is 1. The van der Waals surface area contributed by atoms with Gasteiger partial charge in [0.2, 0.25) is 5.91 Å². The third kappa shape index (κ3) is 3.83. The summed E-state index contributed by atoms with van der Waals surface area (Å²) in [7, 11) is 1.89. The van der Waals surface area contributed by atoms with Crippen LogP contribution in [0.4, 0.5) is 5.69 Å². The maximum atomic E-state index is 12.5. The highest BCUT2D eigenvalue weighted by molar-refractivity contribution is 5.94. The van der Waals surface area contributed by atoms with E-state index in [1.165, 1.54) is 24.8 Å². The summed E-state index contributed by atoms with van der Waals surface area (Å²) in [6, 6.07) is 8.31. The lowest BCUT2D eigenvalue weighted by atomic mass is 9.88. The van der Waals surface area contributed by atoms with E-state index in [1.807, 2.05) is 24.1 Å². The van der Waals surface area contributed by atoms with E-state index < -0.39 is 0 Å². The SMILES string of the molecule is CN(C(=O)C1CCCCC1)c1ccc(CCCN)cc1. The lowest BCUT2D eigenvalue weighted by Crippen LogP contribution is -2.33. The zero-order valence-electron chi connectivity index (χ0n) is 12.5. The van der Waals surface area contributed by atoms with Crippen LogP contribution < -0.4 is 10.6 Å². The highest BCUT2D eigenvalue weighted by Gasteiger charge is 2.24. The van der Waals surface area contributed by atoms with Gasteiger partial charge in [0.1, 0.15) is 0 Å². The van der Waals surface area contributed by atoms with Gasteiger partial charge in [0.15, 0.2) is 0 Å². The van der Waals surface area contributed by atoms with Gasteiger partial charge >= 0.3 is 0 Å². The first-order valence-corrected chi connectivity index (χ1v) is 7.79. The second-order valence-corrected chi connectivity index (χ2v) is 5.79. The highest BCUT2D eigenvalue weighted by atomic mass is 16.2. The average molecular weight is 274 g/mol. The van der Waals surface area contributed by atoms with Crippen molar-refractivity contribution in [3.63, 3.8) is 0 Å². The molecule has 0 atom stereocenters. The lowest BCUT2D eigenvalue weighted by Gasteiger charge is -2.26. The van der Waals surface area contributed by atoms with Crippen molar-refractivity contribution in [3.05, 3.63) is 29.8 Å². The average Bonchev–Trinajstić information content (AvgIpc) is 2.53. The smallest absolute Gasteiger partial charge is 0.229 e. The topological polar surface area (TPSA) is 46.3 Å². The predicted octanol–water partition coefficient (Wildman–Crippen LogP) is 3.12. The van der Waals surface area contributed by atoms with Gasteiger partial charge in [0, 0.05) is 18.7 Å². The summed E-state index contributed by atoms with van der Waals surface area (Å²) >= 11 is 0. The van der Waals surface area contributed by atoms with Crippen molar-refractivity contribution in [1.82, 2.24) is 0 Å². The maximum Gasteiger partial charge on any atom is 0.229 e. The van der Waals surface area contributed by atoms with E-state index in [9.17, 15) is 4.79 Å². The Morgan fingerprint density at radius 1 is 1.20 bits per heavy atom. The fourth-order valence-corrected chi connectivity index (χ4v) is 2.94. The molecule has 1 aromatic carbocycles. The molecular formula is C17H26N2O. The van der Waals surface area contributed by atoms with E-state index in [4.69, 9.17) is 5.73 Å². The molecule has 2 N–H and O–H groups in total. The minimum atomic E-state index is 0.227. The number of anilines is 1. The minimum Gasteiger partial charge on any atom is -0.330 e. The van der Waals surface area contributed by atoms with Gasteiger partial charge in [-0.3, -0.25) is 4.79 Å². The van der Waals surface area contributed by atoms with Crippen molar-refractivity contribution in [3.8, 4) is 0 Å². The van der Waals surface area contributed by atoms with Crippen molar-refractivity contribution < 1.29 is 4.79 Å². The number of hydrogen-bond donors (Lipinski definition) is 1. The molecule has 0 unspecified atom stereocenters. The quantitative estimate of drug-likeness (QED) is 0.896. The fourth-order valence-electron chi connectivity index (χ4n) is 2.94. The van der Waals surface area contributed by atoms with Crippen molar-refractivity contribution in [2.75, 3.05) is 18.5 Å². The molecular weight excluding hydrogens is 248 g/mol. The molecule has 0 aromatic heterocycles. The van der Waals surface area contributed by atoms with Crippen LogP contribution in [0.1, 0.15) is 44.1 Å². The fraction of sp³-hybridized carbons (Fsp3) is 0.588. The monoisotopic (exact) mass is 274 g/mol. The summed E-state index contributed by atoms with van der Waals surface area (Å²) in [6.07, 6.45) is 7.80. The summed E-state index contributed by atoms with van der Waals surface area (Å²) in [5, 5.41) is 0. The van der Waals surface area contributed by atoms with Crippen molar-refractivity contribution in [2.45, 2.75) is 44.9 Å². The highest BCUT2D eigenvalue weighted by Crippen LogP contribution is 2.27. The molecule has 0 aliphatic heterocycles. The molecule has 0 radical (unpaired) electrons. The van der Waals surface area contributed by atoms with Crippen LogP contribution >= 0.6 is 0 Å². The van der Waals surface area contributed by atoms with Gasteiger partial charge < -0.3 is 10.6 Å². The van der Waals surface area contributed by atoms with Crippen molar-refractivity contribution in [1.29, 1.82) is 0 Å². The Bertz CT molecular complexity index is 421. The largest absolute Gasteiger partial charge is 0.330 e. The molecule has 1 aliphatic carbocycles. The number of rotatable bonds is 5. The van der Waals surface area contributed by atoms with E-state index in [1.54, 1.807) is 0 Å². The Morgan fingerprint density at radius 3 is 2.45 bits per heavy atom. The van der Waals surface area contributed by atoms with Crippen LogP contribution in [0.3, 0.4) is 0 Å². The summed E-state index contributed by atoms with van der Waals surface area (Å²) < 4.78 is 0. The third-order valence-corrected chi connectivity index (χ3v) is 4.28. The van der Waals surface area contributed by atoms with Gasteiger partial charge in [-0.05, 0) is 49.9 Å². The Hall–Kier alpha value is -1.35. The van der Waals surface area contributed by atoms with E-state index in [0.29, 0.717) is 0 Å². The first-order valence-electron chi connectivity index (χ1n) is 7.79. The molecule has 110 valence electrons. The zero-order chi connectivity index (χ0) is 14.4. The van der Waals surface area contributed by atoms with Crippen LogP contribution in [-0.2, 0) is 11.2 Å². The zero-order valence-corrected chi connectivity index (χ0v) is 12.5. The van der Waals surface area contributed by atoms with Crippen molar-refractivity contribution >= 4 is 11.6 Å². The molecule has 1 aromatic rings. The molecule has 1 fully saturated rings. The molecule has 1 amide bonds. The molecule has 20 heavy (non-hydrogen) atoms. The van der Waals surface area contributed by atoms with Gasteiger partial charge in [-0.15, -0.1) is 0 Å². The van der Waals surface area contributed by atoms with Gasteiger partial charge in [-0.1, -0.05) is 31.4 Å². The number of amides is 1. The second-order valence-electron chi connectivity index (χ2n) is 5.79. The molecule has 1 saturated carbocycles. The van der Waals surface area contributed by atoms with E-state index in [-0.39, 0.29) is 11.8 Å². The number of carbonyl (C=O) groups is 1. The number of hydrogen-bond acceptors (Lipinski definition) is 2. The van der Waals surface area contributed by atoms with Gasteiger partial charge in [-0.2, -0.15) is 0 Å². The summed E-state index contributed by atoms with van der Waals surface area (Å²) in [5.41, 5.74) is 7.81. The summed E-state index contributed by atoms with van der Waals surface area (Å²) in [6.45, 7) is 0.724. The molecule has 3 nitrogen and oxygen atoms in total. The van der Waals surface area contributed by atoms with E-state index in [2.05, 4.69) is 12.1 Å². The molecule has 0 bridgehead atoms. The maximum absolute atomic E-state index is 12.5. The van der Waals surface area contributed by atoms with E-state index >= 15 is 0 Å². The van der Waals surface area contributed by atoms with E-state index in [0.717, 1.165) is 37.9 Å². The number of benzene rings is 1. The Kier molecular flexibility index (Phi) is 5.60. The Labute approximate surface area is 122 Å². The van der Waals surface area contributed by atoms with Crippen LogP contribution in [0.5, 0.6) is 0 Å². The predicted molar refractivity (Wildman–Crippen MR) is 83.8 cm³/mol. The summed E-state index contributed by atoms with van der Waals surface area (Å²) in [4.78, 5) is 14.3. The van der Waals surface area contributed by atoms with Gasteiger partial charge in [0.05, 0.1) is 0 Å². The Morgan fingerprint density at radius 2 is 1.85 bits per heavy atom. The van der Waals surface area contributed by atoms with Crippen LogP contribution in [-0.4, -0.2) is 19.5 Å². The molecule has 0 saturated heterocycles. The van der Waals surface area contributed by atoms with Crippen LogP contribution in [0.2, 0.25) is 0 Å². The molecule has 2 rings (SSSR count). The third-order valence-electron chi connectivity index (χ3n) is 4.28. The number of carbonyl (C=O) groups excluding carboxylic acids is 1. The summed E-state index contributed by atoms with van der Waals surface area (Å²) in [5.74, 6) is 0.505. The molecule has 0 heterocycles. The standard InChI is InChI=1S/C17H26N2O/c1-19(17(20)15-7-3-2-4-8-15)16-11-9-14(10-12-16)6-5-13-18/h9-12,15H,2-8,13,18H2,1H3. The van der Waals surface area contributed by atoms with Crippen LogP contribution in [0, 0.1) is 5.92 Å². The number of nitrogens with two attached hydrogens (primary N) is 1. The van der Waals surface area contributed by atoms with Gasteiger partial charge in [0.25, 0.3) is 0 Å². The second kappa shape index (κ2) is 7.44. The Balaban J connectivity index is 1.97. The molecule has 0 spiro atoms. The minimum absolute atomic E-state index is 0.227. The molecule has 1 aliphatic rings. The first-order chi connectivity index (χ1) is 9.72. The van der Waals surface area contributed by atoms with Gasteiger partial charge in [-0.25, -0.2) is 0 Å². The first kappa shape index (κ1) is 15.0. The normalized spacial score (nSPS) is 16.1.